The predicted octanol–water partition coefficient (Wildman–Crippen LogP) is 0.480. The average Bonchev–Trinajstić information content (AvgIpc) is 3.52. The van der Waals surface area contributed by atoms with Crippen molar-refractivity contribution in [3.05, 3.63) is 38.5 Å². The molecule has 0 bridgehead atoms. The Bertz CT molecular complexity index is 1000. The van der Waals surface area contributed by atoms with E-state index in [1.807, 2.05) is 13.0 Å². The van der Waals surface area contributed by atoms with Gasteiger partial charge in [0.1, 0.15) is 0 Å². The molecule has 0 radical (unpaired) electrons. The highest BCUT2D eigenvalue weighted by atomic mass is 16.3. The van der Waals surface area contributed by atoms with Crippen molar-refractivity contribution in [3.8, 4) is 0 Å². The second-order valence-corrected chi connectivity index (χ2v) is 8.07. The molecule has 0 spiro atoms. The van der Waals surface area contributed by atoms with E-state index in [0.29, 0.717) is 22.0 Å². The molecule has 0 amide bonds. The molecule has 152 valence electrons. The van der Waals surface area contributed by atoms with Gasteiger partial charge in [0, 0.05) is 31.4 Å². The zero-order chi connectivity index (χ0) is 20.0. The first kappa shape index (κ1) is 19.0. The Hall–Kier alpha value is -2.32. The number of aliphatic hydroxyl groups is 2. The lowest BCUT2D eigenvalue weighted by Gasteiger charge is -2.36. The molecule has 1 aromatic heterocycles. The van der Waals surface area contributed by atoms with Gasteiger partial charge in [-0.2, -0.15) is 4.68 Å². The first-order valence-electron chi connectivity index (χ1n) is 10.0. The summed E-state index contributed by atoms with van der Waals surface area (Å²) in [6, 6.07) is 3.82. The van der Waals surface area contributed by atoms with Crippen LogP contribution in [0.1, 0.15) is 43.7 Å². The zero-order valence-electron chi connectivity index (χ0n) is 16.2. The van der Waals surface area contributed by atoms with Crippen LogP contribution in [0.25, 0.3) is 10.9 Å². The van der Waals surface area contributed by atoms with E-state index >= 15 is 0 Å². The highest BCUT2D eigenvalue weighted by Gasteiger charge is 2.30. The Labute approximate surface area is 162 Å². The van der Waals surface area contributed by atoms with Gasteiger partial charge in [-0.05, 0) is 62.6 Å². The number of piperidine rings is 1. The fourth-order valence-electron chi connectivity index (χ4n) is 4.51. The Morgan fingerprint density at radius 2 is 1.86 bits per heavy atom. The topological polar surface area (TPSA) is 114 Å². The van der Waals surface area contributed by atoms with Gasteiger partial charge in [0.25, 0.3) is 5.56 Å². The lowest BCUT2D eigenvalue weighted by atomic mass is 9.89. The number of rotatable bonds is 5. The van der Waals surface area contributed by atoms with Crippen LogP contribution < -0.4 is 22.0 Å². The zero-order valence-corrected chi connectivity index (χ0v) is 16.2. The van der Waals surface area contributed by atoms with E-state index in [4.69, 9.17) is 10.9 Å². The van der Waals surface area contributed by atoms with Gasteiger partial charge in [-0.15, -0.1) is 0 Å². The van der Waals surface area contributed by atoms with Crippen LogP contribution in [0.2, 0.25) is 0 Å². The number of nitrogen functional groups attached to an aromatic ring is 1. The van der Waals surface area contributed by atoms with Crippen molar-refractivity contribution in [2.45, 2.75) is 51.2 Å². The molecule has 1 saturated carbocycles. The third-order valence-electron chi connectivity index (χ3n) is 6.27. The Morgan fingerprint density at radius 3 is 2.46 bits per heavy atom. The number of benzene rings is 1. The van der Waals surface area contributed by atoms with E-state index in [9.17, 15) is 14.7 Å². The monoisotopic (exact) mass is 388 g/mol. The summed E-state index contributed by atoms with van der Waals surface area (Å²) >= 11 is 0. The molecule has 1 unspecified atom stereocenters. The maximum atomic E-state index is 12.6. The molecular formula is C20H28N4O4. The molecule has 1 saturated heterocycles. The van der Waals surface area contributed by atoms with E-state index < -0.39 is 17.4 Å². The van der Waals surface area contributed by atoms with Gasteiger partial charge in [0.15, 0.2) is 0 Å². The van der Waals surface area contributed by atoms with E-state index in [2.05, 4.69) is 4.90 Å². The molecule has 2 aromatic rings. The summed E-state index contributed by atoms with van der Waals surface area (Å²) in [6.07, 6.45) is 3.49. The number of hydrogen-bond donors (Lipinski definition) is 3. The van der Waals surface area contributed by atoms with Gasteiger partial charge in [0.2, 0.25) is 0 Å². The van der Waals surface area contributed by atoms with Crippen molar-refractivity contribution < 1.29 is 10.2 Å². The number of aryl methyl sites for hydroxylation is 1. The largest absolute Gasteiger partial charge is 0.396 e. The van der Waals surface area contributed by atoms with Crippen LogP contribution in [0.3, 0.4) is 0 Å². The molecule has 1 aliphatic carbocycles. The number of hydrogen-bond acceptors (Lipinski definition) is 6. The van der Waals surface area contributed by atoms with Crippen LogP contribution in [0.5, 0.6) is 0 Å². The third kappa shape index (κ3) is 3.10. The van der Waals surface area contributed by atoms with Crippen LogP contribution in [0, 0.1) is 12.8 Å². The van der Waals surface area contributed by atoms with Gasteiger partial charge in [0.05, 0.1) is 17.0 Å². The van der Waals surface area contributed by atoms with Crippen molar-refractivity contribution >= 4 is 16.6 Å². The summed E-state index contributed by atoms with van der Waals surface area (Å²) in [5.74, 6) is 5.93. The lowest BCUT2D eigenvalue weighted by Crippen LogP contribution is -2.45. The van der Waals surface area contributed by atoms with E-state index in [1.54, 1.807) is 10.6 Å². The SMILES string of the molecule is Cc1c(N2CCC(C(O)CCO)CC2)ccc2c(=O)n(N)c(=O)n(C3CC3)c12. The van der Waals surface area contributed by atoms with Crippen LogP contribution in [-0.4, -0.2) is 45.3 Å². The molecule has 2 aliphatic rings. The van der Waals surface area contributed by atoms with Gasteiger partial charge in [-0.25, -0.2) is 4.79 Å². The minimum atomic E-state index is -0.465. The van der Waals surface area contributed by atoms with E-state index in [1.165, 1.54) is 0 Å². The van der Waals surface area contributed by atoms with Gasteiger partial charge < -0.3 is 21.0 Å². The fraction of sp³-hybridized carbons (Fsp3) is 0.600. The van der Waals surface area contributed by atoms with Crippen molar-refractivity contribution in [2.75, 3.05) is 30.4 Å². The maximum absolute atomic E-state index is 12.6. The summed E-state index contributed by atoms with van der Waals surface area (Å²) < 4.78 is 2.40. The Morgan fingerprint density at radius 1 is 1.18 bits per heavy atom. The first-order chi connectivity index (χ1) is 13.4. The second kappa shape index (κ2) is 7.25. The van der Waals surface area contributed by atoms with Crippen LogP contribution >= 0.6 is 0 Å². The summed E-state index contributed by atoms with van der Waals surface area (Å²) in [6.45, 7) is 3.55. The lowest BCUT2D eigenvalue weighted by molar-refractivity contribution is 0.0670. The number of nitrogens with two attached hydrogens (primary N) is 1. The number of aromatic nitrogens is 2. The minimum Gasteiger partial charge on any atom is -0.396 e. The van der Waals surface area contributed by atoms with Gasteiger partial charge in [-0.1, -0.05) is 0 Å². The van der Waals surface area contributed by atoms with E-state index in [-0.39, 0.29) is 18.6 Å². The smallest absolute Gasteiger partial charge is 0.350 e. The standard InChI is InChI=1S/C20H28N4O4/c1-12-16(22-9-6-13(7-10-22)17(26)8-11-25)5-4-15-18(12)23(14-2-3-14)20(28)24(21)19(15)27/h4-5,13-14,17,25-26H,2-3,6-11,21H2,1H3. The highest BCUT2D eigenvalue weighted by molar-refractivity contribution is 5.87. The summed E-state index contributed by atoms with van der Waals surface area (Å²) in [5.41, 5.74) is 1.72. The first-order valence-corrected chi connectivity index (χ1v) is 10.0. The molecular weight excluding hydrogens is 360 g/mol. The average molecular weight is 388 g/mol. The summed E-state index contributed by atoms with van der Waals surface area (Å²) in [4.78, 5) is 27.4. The summed E-state index contributed by atoms with van der Waals surface area (Å²) in [5, 5.41) is 19.7. The molecule has 4 N–H and O–H groups in total. The van der Waals surface area contributed by atoms with Crippen molar-refractivity contribution in [1.29, 1.82) is 0 Å². The normalized spacial score (nSPS) is 19.3. The van der Waals surface area contributed by atoms with Crippen molar-refractivity contribution in [3.63, 3.8) is 0 Å². The molecule has 28 heavy (non-hydrogen) atoms. The molecule has 8 heteroatoms. The van der Waals surface area contributed by atoms with Crippen molar-refractivity contribution in [1.82, 2.24) is 9.24 Å². The highest BCUT2D eigenvalue weighted by Crippen LogP contribution is 2.38. The maximum Gasteiger partial charge on any atom is 0.350 e. The Balaban J connectivity index is 1.71. The quantitative estimate of drug-likeness (QED) is 0.642. The van der Waals surface area contributed by atoms with Crippen LogP contribution in [0.15, 0.2) is 21.7 Å². The minimum absolute atomic E-state index is 0.00251. The number of aliphatic hydroxyl groups excluding tert-OH is 2. The summed E-state index contributed by atoms with van der Waals surface area (Å²) in [7, 11) is 0. The van der Waals surface area contributed by atoms with Crippen LogP contribution in [-0.2, 0) is 0 Å². The number of anilines is 1. The Kier molecular flexibility index (Phi) is 4.93. The number of fused-ring (bicyclic) bond motifs is 1. The predicted molar refractivity (Wildman–Crippen MR) is 108 cm³/mol. The van der Waals surface area contributed by atoms with Gasteiger partial charge >= 0.3 is 5.69 Å². The molecule has 1 aliphatic heterocycles. The fourth-order valence-corrected chi connectivity index (χ4v) is 4.51. The third-order valence-corrected chi connectivity index (χ3v) is 6.27. The van der Waals surface area contributed by atoms with Crippen LogP contribution in [0.4, 0.5) is 5.69 Å². The molecule has 4 rings (SSSR count). The molecule has 8 nitrogen and oxygen atoms in total. The molecule has 2 heterocycles. The molecule has 1 aromatic carbocycles. The molecule has 2 fully saturated rings. The van der Waals surface area contributed by atoms with E-state index in [0.717, 1.165) is 50.0 Å². The second-order valence-electron chi connectivity index (χ2n) is 8.07. The number of nitrogens with zero attached hydrogens (tertiary/aromatic N) is 3. The van der Waals surface area contributed by atoms with Gasteiger partial charge in [-0.3, -0.25) is 9.36 Å². The molecule has 1 atom stereocenters. The van der Waals surface area contributed by atoms with Crippen molar-refractivity contribution in [2.24, 2.45) is 5.92 Å².